The van der Waals surface area contributed by atoms with Crippen LogP contribution in [0.25, 0.3) is 0 Å². The molecule has 0 saturated heterocycles. The third kappa shape index (κ3) is 4.44. The molecule has 2 aromatic carbocycles. The van der Waals surface area contributed by atoms with Crippen molar-refractivity contribution in [1.82, 2.24) is 4.90 Å². The minimum absolute atomic E-state index is 0.187. The van der Waals surface area contributed by atoms with E-state index in [1.165, 1.54) is 23.5 Å². The van der Waals surface area contributed by atoms with Crippen LogP contribution in [0.1, 0.15) is 38.4 Å². The first-order valence-electron chi connectivity index (χ1n) is 9.92. The second-order valence-corrected chi connectivity index (χ2v) is 7.60. The highest BCUT2D eigenvalue weighted by Crippen LogP contribution is 2.24. The van der Waals surface area contributed by atoms with Crippen LogP contribution in [0.15, 0.2) is 64.0 Å². The van der Waals surface area contributed by atoms with Crippen molar-refractivity contribution in [2.24, 2.45) is 5.73 Å². The summed E-state index contributed by atoms with van der Waals surface area (Å²) in [5, 5.41) is 0. The Hall–Kier alpha value is -3.38. The van der Waals surface area contributed by atoms with Gasteiger partial charge in [-0.25, -0.2) is 0 Å². The average molecular weight is 404 g/mol. The fourth-order valence-electron chi connectivity index (χ4n) is 3.80. The summed E-state index contributed by atoms with van der Waals surface area (Å²) in [5.41, 5.74) is 10.1. The lowest BCUT2D eigenvalue weighted by Crippen LogP contribution is -2.17. The molecule has 1 aliphatic heterocycles. The molecule has 6 heteroatoms. The molecule has 0 unspecified atom stereocenters. The number of carbonyl (C=O) groups is 1. The maximum absolute atomic E-state index is 12.4. The van der Waals surface area contributed by atoms with Crippen LogP contribution < -0.4 is 15.9 Å². The fourth-order valence-corrected chi connectivity index (χ4v) is 3.80. The molecule has 1 aromatic heterocycles. The van der Waals surface area contributed by atoms with Crippen molar-refractivity contribution in [2.45, 2.75) is 33.0 Å². The van der Waals surface area contributed by atoms with Gasteiger partial charge in [-0.15, -0.1) is 0 Å². The first kappa shape index (κ1) is 19.9. The number of hydrogen-bond acceptors (Lipinski definition) is 5. The smallest absolute Gasteiger partial charge is 0.248 e. The molecule has 6 nitrogen and oxygen atoms in total. The number of amides is 1. The number of rotatable bonds is 7. The Labute approximate surface area is 174 Å². The Kier molecular flexibility index (Phi) is 5.68. The molecule has 3 aromatic rings. The molecule has 2 heterocycles. The highest BCUT2D eigenvalue weighted by Gasteiger charge is 2.19. The number of ether oxygens (including phenoxy) is 1. The molecule has 4 rings (SSSR count). The van der Waals surface area contributed by atoms with Crippen molar-refractivity contribution in [1.29, 1.82) is 0 Å². The van der Waals surface area contributed by atoms with E-state index in [2.05, 4.69) is 17.0 Å². The second kappa shape index (κ2) is 8.55. The Bertz CT molecular complexity index is 1110. The van der Waals surface area contributed by atoms with Crippen molar-refractivity contribution in [3.8, 4) is 5.75 Å². The SMILES string of the molecule is Cc1cc(CCOc2coc(CN3Cc4ccccc4C3)cc2=O)ccc1C(N)=O. The van der Waals surface area contributed by atoms with Crippen LogP contribution in [0, 0.1) is 6.92 Å². The van der Waals surface area contributed by atoms with Gasteiger partial charge < -0.3 is 14.9 Å². The molecule has 0 atom stereocenters. The third-order valence-corrected chi connectivity index (χ3v) is 5.34. The summed E-state index contributed by atoms with van der Waals surface area (Å²) in [4.78, 5) is 25.9. The molecular formula is C24H24N2O4. The summed E-state index contributed by atoms with van der Waals surface area (Å²) in [5.74, 6) is 0.387. The highest BCUT2D eigenvalue weighted by molar-refractivity contribution is 5.94. The Balaban J connectivity index is 1.32. The van der Waals surface area contributed by atoms with E-state index in [0.29, 0.717) is 30.9 Å². The van der Waals surface area contributed by atoms with Crippen LogP contribution in [-0.2, 0) is 26.1 Å². The standard InChI is InChI=1S/C24H24N2O4/c1-16-10-17(6-7-21(16)24(25)28)8-9-29-23-15-30-20(11-22(23)27)14-26-12-18-4-2-3-5-19(18)13-26/h2-7,10-11,15H,8-9,12-14H2,1H3,(H2,25,28). The zero-order valence-electron chi connectivity index (χ0n) is 16.9. The van der Waals surface area contributed by atoms with Crippen LogP contribution >= 0.6 is 0 Å². The second-order valence-electron chi connectivity index (χ2n) is 7.60. The molecule has 0 spiro atoms. The minimum atomic E-state index is -0.439. The first-order chi connectivity index (χ1) is 14.5. The molecule has 2 N–H and O–H groups in total. The van der Waals surface area contributed by atoms with Crippen LogP contribution in [0.5, 0.6) is 5.75 Å². The lowest BCUT2D eigenvalue weighted by Gasteiger charge is -2.14. The summed E-state index contributed by atoms with van der Waals surface area (Å²) < 4.78 is 11.3. The maximum Gasteiger partial charge on any atom is 0.248 e. The molecule has 0 saturated carbocycles. The molecule has 0 radical (unpaired) electrons. The van der Waals surface area contributed by atoms with Gasteiger partial charge in [0.1, 0.15) is 12.0 Å². The number of primary amides is 1. The van der Waals surface area contributed by atoms with Crippen molar-refractivity contribution in [3.05, 3.63) is 98.6 Å². The molecular weight excluding hydrogens is 380 g/mol. The Morgan fingerprint density at radius 2 is 1.87 bits per heavy atom. The van der Waals surface area contributed by atoms with Gasteiger partial charge in [-0.3, -0.25) is 14.5 Å². The predicted octanol–water partition coefficient (Wildman–Crippen LogP) is 3.18. The molecule has 0 fully saturated rings. The summed E-state index contributed by atoms with van der Waals surface area (Å²) >= 11 is 0. The fraction of sp³-hybridized carbons (Fsp3) is 0.250. The summed E-state index contributed by atoms with van der Waals surface area (Å²) in [6, 6.07) is 15.3. The summed E-state index contributed by atoms with van der Waals surface area (Å²) in [6.07, 6.45) is 2.00. The third-order valence-electron chi connectivity index (χ3n) is 5.34. The van der Waals surface area contributed by atoms with Gasteiger partial charge in [-0.05, 0) is 35.2 Å². The number of aryl methyl sites for hydroxylation is 1. The molecule has 0 bridgehead atoms. The maximum atomic E-state index is 12.4. The quantitative estimate of drug-likeness (QED) is 0.654. The van der Waals surface area contributed by atoms with Crippen molar-refractivity contribution in [2.75, 3.05) is 6.61 Å². The van der Waals surface area contributed by atoms with E-state index in [1.54, 1.807) is 6.07 Å². The number of fused-ring (bicyclic) bond motifs is 1. The van der Waals surface area contributed by atoms with Crippen LogP contribution in [-0.4, -0.2) is 17.4 Å². The lowest BCUT2D eigenvalue weighted by atomic mass is 10.0. The normalized spacial score (nSPS) is 13.2. The summed E-state index contributed by atoms with van der Waals surface area (Å²) in [6.45, 7) is 4.46. The van der Waals surface area contributed by atoms with Gasteiger partial charge in [0.05, 0.1) is 13.2 Å². The number of carbonyl (C=O) groups excluding carboxylic acids is 1. The zero-order chi connectivity index (χ0) is 21.1. The number of nitrogens with zero attached hydrogens (tertiary/aromatic N) is 1. The van der Waals surface area contributed by atoms with Crippen LogP contribution in [0.4, 0.5) is 0 Å². The highest BCUT2D eigenvalue weighted by atomic mass is 16.5. The van der Waals surface area contributed by atoms with Gasteiger partial charge in [0.2, 0.25) is 17.1 Å². The monoisotopic (exact) mass is 404 g/mol. The molecule has 1 aliphatic rings. The van der Waals surface area contributed by atoms with E-state index < -0.39 is 5.91 Å². The topological polar surface area (TPSA) is 85.8 Å². The zero-order valence-corrected chi connectivity index (χ0v) is 16.9. The van der Waals surface area contributed by atoms with E-state index in [9.17, 15) is 9.59 Å². The van der Waals surface area contributed by atoms with Gasteiger partial charge in [-0.2, -0.15) is 0 Å². The van der Waals surface area contributed by atoms with Crippen molar-refractivity contribution in [3.63, 3.8) is 0 Å². The van der Waals surface area contributed by atoms with Gasteiger partial charge in [-0.1, -0.05) is 36.4 Å². The minimum Gasteiger partial charge on any atom is -0.486 e. The number of nitrogens with two attached hydrogens (primary N) is 1. The summed E-state index contributed by atoms with van der Waals surface area (Å²) in [7, 11) is 0. The lowest BCUT2D eigenvalue weighted by molar-refractivity contribution is 0.0999. The van der Waals surface area contributed by atoms with E-state index in [1.807, 2.05) is 31.2 Å². The number of benzene rings is 2. The molecule has 1 amide bonds. The first-order valence-corrected chi connectivity index (χ1v) is 9.92. The molecule has 154 valence electrons. The largest absolute Gasteiger partial charge is 0.486 e. The Morgan fingerprint density at radius 3 is 2.50 bits per heavy atom. The number of hydrogen-bond donors (Lipinski definition) is 1. The molecule has 0 aliphatic carbocycles. The van der Waals surface area contributed by atoms with Crippen molar-refractivity contribution < 1.29 is 13.9 Å². The Morgan fingerprint density at radius 1 is 1.13 bits per heavy atom. The van der Waals surface area contributed by atoms with Gasteiger partial charge in [0, 0.05) is 31.1 Å². The van der Waals surface area contributed by atoms with E-state index in [0.717, 1.165) is 24.2 Å². The van der Waals surface area contributed by atoms with E-state index in [-0.39, 0.29) is 11.2 Å². The van der Waals surface area contributed by atoms with Gasteiger partial charge in [0.25, 0.3) is 0 Å². The van der Waals surface area contributed by atoms with E-state index in [4.69, 9.17) is 14.9 Å². The van der Waals surface area contributed by atoms with Gasteiger partial charge in [0.15, 0.2) is 0 Å². The van der Waals surface area contributed by atoms with Crippen LogP contribution in [0.3, 0.4) is 0 Å². The van der Waals surface area contributed by atoms with Gasteiger partial charge >= 0.3 is 0 Å². The average Bonchev–Trinajstić information content (AvgIpc) is 3.11. The van der Waals surface area contributed by atoms with Crippen LogP contribution in [0.2, 0.25) is 0 Å². The predicted molar refractivity (Wildman–Crippen MR) is 113 cm³/mol. The van der Waals surface area contributed by atoms with E-state index >= 15 is 0 Å². The molecule has 30 heavy (non-hydrogen) atoms. The van der Waals surface area contributed by atoms with Crippen molar-refractivity contribution >= 4 is 5.91 Å².